The monoisotopic (exact) mass is 372 g/mol. The number of rotatable bonds is 5. The molecule has 0 radical (unpaired) electrons. The van der Waals surface area contributed by atoms with Crippen LogP contribution in [0.4, 0.5) is 27.4 Å². The summed E-state index contributed by atoms with van der Waals surface area (Å²) in [6.07, 6.45) is 3.95. The predicted molar refractivity (Wildman–Crippen MR) is 105 cm³/mol. The third-order valence-electron chi connectivity index (χ3n) is 5.16. The first-order chi connectivity index (χ1) is 13.2. The van der Waals surface area contributed by atoms with Crippen molar-refractivity contribution in [1.82, 2.24) is 9.97 Å². The number of anilines is 4. The van der Waals surface area contributed by atoms with E-state index >= 15 is 0 Å². The van der Waals surface area contributed by atoms with Crippen molar-refractivity contribution in [2.24, 2.45) is 0 Å². The maximum Gasteiger partial charge on any atom is 0.157 e. The minimum Gasteiger partial charge on any atom is -0.393 e. The van der Waals surface area contributed by atoms with Crippen LogP contribution < -0.4 is 20.9 Å². The maximum atomic E-state index is 13.1. The molecule has 2 aliphatic rings. The summed E-state index contributed by atoms with van der Waals surface area (Å²) >= 11 is 0. The smallest absolute Gasteiger partial charge is 0.157 e. The highest BCUT2D eigenvalue weighted by Gasteiger charge is 2.22. The normalized spacial score (nSPS) is 20.1. The number of nitrogen functional groups attached to an aromatic ring is 1. The molecule has 7 nitrogen and oxygen atoms in total. The van der Waals surface area contributed by atoms with E-state index < -0.39 is 0 Å². The molecule has 1 aromatic carbocycles. The van der Waals surface area contributed by atoms with E-state index in [0.717, 1.165) is 57.1 Å². The van der Waals surface area contributed by atoms with Crippen molar-refractivity contribution in [2.45, 2.75) is 18.9 Å². The molecule has 0 spiro atoms. The van der Waals surface area contributed by atoms with Crippen LogP contribution in [0.3, 0.4) is 0 Å². The van der Waals surface area contributed by atoms with Crippen molar-refractivity contribution >= 4 is 23.0 Å². The van der Waals surface area contributed by atoms with Gasteiger partial charge in [-0.2, -0.15) is 0 Å². The van der Waals surface area contributed by atoms with Gasteiger partial charge in [0.2, 0.25) is 0 Å². The average molecular weight is 372 g/mol. The second-order valence-corrected chi connectivity index (χ2v) is 6.93. The summed E-state index contributed by atoms with van der Waals surface area (Å²) in [7, 11) is 0. The molecule has 3 N–H and O–H groups in total. The molecule has 2 saturated heterocycles. The summed E-state index contributed by atoms with van der Waals surface area (Å²) in [4.78, 5) is 13.1. The Morgan fingerprint density at radius 2 is 1.85 bits per heavy atom. The van der Waals surface area contributed by atoms with E-state index in [9.17, 15) is 4.39 Å². The Balaban J connectivity index is 1.38. The second-order valence-electron chi connectivity index (χ2n) is 6.93. The van der Waals surface area contributed by atoms with Crippen LogP contribution in [-0.2, 0) is 4.74 Å². The van der Waals surface area contributed by atoms with Gasteiger partial charge in [-0.15, -0.1) is 0 Å². The summed E-state index contributed by atoms with van der Waals surface area (Å²) in [5, 5.41) is 3.30. The number of nitrogens with two attached hydrogens (primary N) is 1. The SMILES string of the molecule is Nc1c(NCC2CCCO2)ncnc1N1CCN(c2ccc(F)cc2)CC1. The van der Waals surface area contributed by atoms with Gasteiger partial charge in [0.05, 0.1) is 6.10 Å². The highest BCUT2D eigenvalue weighted by atomic mass is 19.1. The lowest BCUT2D eigenvalue weighted by Gasteiger charge is -2.37. The Hall–Kier alpha value is -2.61. The summed E-state index contributed by atoms with van der Waals surface area (Å²) < 4.78 is 18.7. The van der Waals surface area contributed by atoms with E-state index in [2.05, 4.69) is 25.1 Å². The first-order valence-corrected chi connectivity index (χ1v) is 9.42. The van der Waals surface area contributed by atoms with Gasteiger partial charge in [0.1, 0.15) is 17.8 Å². The Morgan fingerprint density at radius 3 is 2.56 bits per heavy atom. The highest BCUT2D eigenvalue weighted by Crippen LogP contribution is 2.28. The fraction of sp³-hybridized carbons (Fsp3) is 0.474. The Morgan fingerprint density at radius 1 is 1.11 bits per heavy atom. The molecule has 1 aromatic heterocycles. The lowest BCUT2D eigenvalue weighted by Crippen LogP contribution is -2.47. The van der Waals surface area contributed by atoms with Gasteiger partial charge in [0, 0.05) is 45.0 Å². The molecule has 4 rings (SSSR count). The minimum atomic E-state index is -0.214. The summed E-state index contributed by atoms with van der Waals surface area (Å²) in [6.45, 7) is 4.78. The number of halogens is 1. The first-order valence-electron chi connectivity index (χ1n) is 9.42. The second kappa shape index (κ2) is 7.96. The summed E-state index contributed by atoms with van der Waals surface area (Å²) in [6, 6.07) is 6.63. The lowest BCUT2D eigenvalue weighted by molar-refractivity contribution is 0.120. The van der Waals surface area contributed by atoms with Crippen LogP contribution in [0.5, 0.6) is 0 Å². The number of ether oxygens (including phenoxy) is 1. The largest absolute Gasteiger partial charge is 0.393 e. The average Bonchev–Trinajstić information content (AvgIpc) is 3.22. The molecule has 0 saturated carbocycles. The summed E-state index contributed by atoms with van der Waals surface area (Å²) in [5.41, 5.74) is 7.94. The molecule has 144 valence electrons. The standard InChI is InChI=1S/C19H25FN6O/c20-14-3-5-15(6-4-14)25-7-9-26(10-8-25)19-17(21)18(23-13-24-19)22-12-16-2-1-11-27-16/h3-6,13,16H,1-2,7-12,21H2,(H,22,23,24). The van der Waals surface area contributed by atoms with Gasteiger partial charge in [-0.1, -0.05) is 0 Å². The molecule has 0 bridgehead atoms. The van der Waals surface area contributed by atoms with Crippen LogP contribution in [-0.4, -0.2) is 55.4 Å². The van der Waals surface area contributed by atoms with Crippen LogP contribution in [0.1, 0.15) is 12.8 Å². The van der Waals surface area contributed by atoms with Crippen LogP contribution in [0, 0.1) is 5.82 Å². The molecule has 0 aliphatic carbocycles. The highest BCUT2D eigenvalue weighted by molar-refractivity contribution is 5.75. The molecular weight excluding hydrogens is 347 g/mol. The van der Waals surface area contributed by atoms with Gasteiger partial charge in [0.15, 0.2) is 11.6 Å². The van der Waals surface area contributed by atoms with Crippen molar-refractivity contribution < 1.29 is 9.13 Å². The van der Waals surface area contributed by atoms with E-state index in [0.29, 0.717) is 18.1 Å². The van der Waals surface area contributed by atoms with Crippen molar-refractivity contribution in [3.05, 3.63) is 36.4 Å². The van der Waals surface area contributed by atoms with Gasteiger partial charge in [-0.25, -0.2) is 14.4 Å². The zero-order chi connectivity index (χ0) is 18.6. The molecule has 1 unspecified atom stereocenters. The zero-order valence-electron chi connectivity index (χ0n) is 15.3. The number of hydrogen-bond acceptors (Lipinski definition) is 7. The van der Waals surface area contributed by atoms with Crippen LogP contribution in [0.15, 0.2) is 30.6 Å². The molecule has 3 heterocycles. The lowest BCUT2D eigenvalue weighted by atomic mass is 10.2. The van der Waals surface area contributed by atoms with Gasteiger partial charge in [0.25, 0.3) is 0 Å². The topological polar surface area (TPSA) is 79.5 Å². The Bertz CT molecular complexity index is 757. The number of nitrogens with one attached hydrogen (secondary N) is 1. The van der Waals surface area contributed by atoms with E-state index in [1.54, 1.807) is 6.33 Å². The molecule has 8 heteroatoms. The van der Waals surface area contributed by atoms with Crippen LogP contribution in [0.25, 0.3) is 0 Å². The molecule has 27 heavy (non-hydrogen) atoms. The quantitative estimate of drug-likeness (QED) is 0.832. The number of nitrogens with zero attached hydrogens (tertiary/aromatic N) is 4. The number of hydrogen-bond donors (Lipinski definition) is 2. The van der Waals surface area contributed by atoms with Gasteiger partial charge in [-0.05, 0) is 37.1 Å². The number of piperazine rings is 1. The van der Waals surface area contributed by atoms with Crippen LogP contribution >= 0.6 is 0 Å². The van der Waals surface area contributed by atoms with Crippen molar-refractivity contribution in [2.75, 3.05) is 60.2 Å². The van der Waals surface area contributed by atoms with E-state index in [1.807, 2.05) is 12.1 Å². The van der Waals surface area contributed by atoms with Gasteiger partial charge >= 0.3 is 0 Å². The molecule has 2 fully saturated rings. The van der Waals surface area contributed by atoms with Gasteiger partial charge < -0.3 is 25.6 Å². The predicted octanol–water partition coefficient (Wildman–Crippen LogP) is 2.12. The number of benzene rings is 1. The summed E-state index contributed by atoms with van der Waals surface area (Å²) in [5.74, 6) is 1.21. The van der Waals surface area contributed by atoms with E-state index in [-0.39, 0.29) is 11.9 Å². The van der Waals surface area contributed by atoms with Crippen molar-refractivity contribution in [3.8, 4) is 0 Å². The molecule has 2 aliphatic heterocycles. The van der Waals surface area contributed by atoms with Crippen LogP contribution in [0.2, 0.25) is 0 Å². The Kier molecular flexibility index (Phi) is 5.24. The third kappa shape index (κ3) is 4.05. The van der Waals surface area contributed by atoms with Crippen molar-refractivity contribution in [1.29, 1.82) is 0 Å². The molecule has 0 amide bonds. The van der Waals surface area contributed by atoms with E-state index in [4.69, 9.17) is 10.5 Å². The zero-order valence-corrected chi connectivity index (χ0v) is 15.3. The third-order valence-corrected chi connectivity index (χ3v) is 5.16. The van der Waals surface area contributed by atoms with Gasteiger partial charge in [-0.3, -0.25) is 0 Å². The van der Waals surface area contributed by atoms with Crippen molar-refractivity contribution in [3.63, 3.8) is 0 Å². The fourth-order valence-electron chi connectivity index (χ4n) is 3.62. The number of aromatic nitrogens is 2. The van der Waals surface area contributed by atoms with E-state index in [1.165, 1.54) is 12.1 Å². The minimum absolute atomic E-state index is 0.214. The fourth-order valence-corrected chi connectivity index (χ4v) is 3.62. The Labute approximate surface area is 158 Å². The first kappa shape index (κ1) is 17.8. The maximum absolute atomic E-state index is 13.1. The molecule has 2 aromatic rings. The molecule has 1 atom stereocenters. The molecular formula is C19H25FN6O.